The summed E-state index contributed by atoms with van der Waals surface area (Å²) in [5, 5.41) is 18.7. The molecule has 1 saturated heterocycles. The summed E-state index contributed by atoms with van der Waals surface area (Å²) in [6.07, 6.45) is 0.767. The molecule has 0 bridgehead atoms. The summed E-state index contributed by atoms with van der Waals surface area (Å²) in [7, 11) is 0. The lowest BCUT2D eigenvalue weighted by atomic mass is 9.91. The van der Waals surface area contributed by atoms with Crippen LogP contribution in [0.3, 0.4) is 0 Å². The van der Waals surface area contributed by atoms with E-state index < -0.39 is 5.60 Å². The Morgan fingerprint density at radius 1 is 1.30 bits per heavy atom. The van der Waals surface area contributed by atoms with Crippen molar-refractivity contribution in [2.24, 2.45) is 0 Å². The lowest BCUT2D eigenvalue weighted by molar-refractivity contribution is -0.105. The van der Waals surface area contributed by atoms with Gasteiger partial charge in [-0.3, -0.25) is 4.90 Å². The van der Waals surface area contributed by atoms with E-state index in [0.29, 0.717) is 36.4 Å². The molecule has 0 radical (unpaired) electrons. The highest BCUT2D eigenvalue weighted by Crippen LogP contribution is 2.26. The van der Waals surface area contributed by atoms with Crippen molar-refractivity contribution in [3.63, 3.8) is 0 Å². The molecule has 1 N–H and O–H groups in total. The zero-order chi connectivity index (χ0) is 14.2. The molecule has 0 atom stereocenters. The van der Waals surface area contributed by atoms with Crippen LogP contribution in [0.15, 0.2) is 28.7 Å². The molecule has 1 fully saturated rings. The molecule has 6 heteroatoms. The van der Waals surface area contributed by atoms with E-state index in [1.807, 2.05) is 19.1 Å². The number of benzene rings is 1. The summed E-state index contributed by atoms with van der Waals surface area (Å²) in [5.41, 5.74) is 0.306. The van der Waals surface area contributed by atoms with Gasteiger partial charge in [0.15, 0.2) is 0 Å². The maximum atomic E-state index is 9.96. The first-order valence-electron chi connectivity index (χ1n) is 6.61. The van der Waals surface area contributed by atoms with Crippen molar-refractivity contribution in [2.75, 3.05) is 13.1 Å². The second-order valence-corrected chi connectivity index (χ2v) is 5.67. The van der Waals surface area contributed by atoms with Crippen molar-refractivity contribution in [1.29, 1.82) is 0 Å². The van der Waals surface area contributed by atoms with Gasteiger partial charge < -0.3 is 9.52 Å². The van der Waals surface area contributed by atoms with Crippen LogP contribution in [0.4, 0.5) is 0 Å². The lowest BCUT2D eigenvalue weighted by Gasteiger charge is -2.45. The average molecular weight is 294 g/mol. The van der Waals surface area contributed by atoms with Crippen LogP contribution >= 0.6 is 11.6 Å². The summed E-state index contributed by atoms with van der Waals surface area (Å²) in [5.74, 6) is 1.05. The molecule has 1 aliphatic rings. The van der Waals surface area contributed by atoms with Crippen LogP contribution in [-0.2, 0) is 6.54 Å². The SMILES string of the molecule is CCC1(O)CN(Cc2nnc(-c3ccc(Cl)cc3)o2)C1. The van der Waals surface area contributed by atoms with E-state index >= 15 is 0 Å². The monoisotopic (exact) mass is 293 g/mol. The molecule has 1 aromatic heterocycles. The van der Waals surface area contributed by atoms with Crippen molar-refractivity contribution < 1.29 is 9.52 Å². The van der Waals surface area contributed by atoms with Gasteiger partial charge in [-0.2, -0.15) is 0 Å². The summed E-state index contributed by atoms with van der Waals surface area (Å²) in [4.78, 5) is 2.09. The first-order chi connectivity index (χ1) is 9.58. The topological polar surface area (TPSA) is 62.4 Å². The summed E-state index contributed by atoms with van der Waals surface area (Å²) in [6.45, 7) is 3.87. The molecule has 1 aromatic carbocycles. The Hall–Kier alpha value is -1.43. The second-order valence-electron chi connectivity index (χ2n) is 5.23. The van der Waals surface area contributed by atoms with Crippen molar-refractivity contribution in [3.8, 4) is 11.5 Å². The van der Waals surface area contributed by atoms with Crippen LogP contribution in [0, 0.1) is 0 Å². The highest BCUT2D eigenvalue weighted by atomic mass is 35.5. The van der Waals surface area contributed by atoms with Gasteiger partial charge in [0.05, 0.1) is 12.1 Å². The molecule has 0 unspecified atom stereocenters. The average Bonchev–Trinajstić information content (AvgIpc) is 2.86. The number of aliphatic hydroxyl groups is 1. The quantitative estimate of drug-likeness (QED) is 0.937. The maximum Gasteiger partial charge on any atom is 0.247 e. The van der Waals surface area contributed by atoms with Crippen molar-refractivity contribution >= 4 is 11.6 Å². The molecule has 1 aliphatic heterocycles. The fourth-order valence-electron chi connectivity index (χ4n) is 2.34. The Morgan fingerprint density at radius 2 is 2.00 bits per heavy atom. The number of likely N-dealkylation sites (tertiary alicyclic amines) is 1. The third-order valence-electron chi connectivity index (χ3n) is 3.61. The molecular formula is C14H16ClN3O2. The molecule has 0 spiro atoms. The molecule has 106 valence electrons. The molecule has 0 saturated carbocycles. The molecule has 5 nitrogen and oxygen atoms in total. The molecule has 2 heterocycles. The number of hydrogen-bond donors (Lipinski definition) is 1. The number of nitrogens with zero attached hydrogens (tertiary/aromatic N) is 3. The van der Waals surface area contributed by atoms with E-state index in [4.69, 9.17) is 16.0 Å². The number of rotatable bonds is 4. The molecular weight excluding hydrogens is 278 g/mol. The van der Waals surface area contributed by atoms with Gasteiger partial charge in [-0.1, -0.05) is 18.5 Å². The maximum absolute atomic E-state index is 9.96. The van der Waals surface area contributed by atoms with Gasteiger partial charge in [-0.15, -0.1) is 10.2 Å². The molecule has 0 aliphatic carbocycles. The lowest BCUT2D eigenvalue weighted by Crippen LogP contribution is -2.60. The number of halogens is 1. The smallest absolute Gasteiger partial charge is 0.247 e. The van der Waals surface area contributed by atoms with Crippen molar-refractivity contribution in [3.05, 3.63) is 35.2 Å². The van der Waals surface area contributed by atoms with Crippen LogP contribution < -0.4 is 0 Å². The van der Waals surface area contributed by atoms with Crippen LogP contribution in [0.1, 0.15) is 19.2 Å². The fourth-order valence-corrected chi connectivity index (χ4v) is 2.47. The number of hydrogen-bond acceptors (Lipinski definition) is 5. The largest absolute Gasteiger partial charge is 0.419 e. The van der Waals surface area contributed by atoms with E-state index in [-0.39, 0.29) is 0 Å². The minimum Gasteiger partial charge on any atom is -0.419 e. The third kappa shape index (κ3) is 2.70. The van der Waals surface area contributed by atoms with Crippen LogP contribution in [0.25, 0.3) is 11.5 Å². The van der Waals surface area contributed by atoms with Crippen LogP contribution in [-0.4, -0.2) is 38.9 Å². The van der Waals surface area contributed by atoms with Gasteiger partial charge in [-0.05, 0) is 30.7 Å². The molecule has 0 amide bonds. The first-order valence-corrected chi connectivity index (χ1v) is 6.99. The highest BCUT2D eigenvalue weighted by molar-refractivity contribution is 6.30. The van der Waals surface area contributed by atoms with E-state index in [9.17, 15) is 5.11 Å². The van der Waals surface area contributed by atoms with E-state index in [0.717, 1.165) is 12.0 Å². The Bertz CT molecular complexity index is 591. The zero-order valence-electron chi connectivity index (χ0n) is 11.2. The van der Waals surface area contributed by atoms with Gasteiger partial charge >= 0.3 is 0 Å². The zero-order valence-corrected chi connectivity index (χ0v) is 12.0. The van der Waals surface area contributed by atoms with E-state index in [1.165, 1.54) is 0 Å². The fraction of sp³-hybridized carbons (Fsp3) is 0.429. The van der Waals surface area contributed by atoms with Gasteiger partial charge in [0, 0.05) is 23.7 Å². The standard InChI is InChI=1S/C14H16ClN3O2/c1-2-14(19)8-18(9-14)7-12-16-17-13(20-12)10-3-5-11(15)6-4-10/h3-6,19H,2,7-9H2,1H3. The van der Waals surface area contributed by atoms with E-state index in [2.05, 4.69) is 15.1 Å². The Kier molecular flexibility index (Phi) is 3.50. The van der Waals surface area contributed by atoms with Gasteiger partial charge in [-0.25, -0.2) is 0 Å². The minimum absolute atomic E-state index is 0.489. The second kappa shape index (κ2) is 5.16. The highest BCUT2D eigenvalue weighted by Gasteiger charge is 2.39. The summed E-state index contributed by atoms with van der Waals surface area (Å²) in [6, 6.07) is 7.27. The predicted octanol–water partition coefficient (Wildman–Crippen LogP) is 2.35. The Balaban J connectivity index is 1.64. The Morgan fingerprint density at radius 3 is 2.65 bits per heavy atom. The molecule has 20 heavy (non-hydrogen) atoms. The van der Waals surface area contributed by atoms with Gasteiger partial charge in [0.25, 0.3) is 0 Å². The third-order valence-corrected chi connectivity index (χ3v) is 3.86. The van der Waals surface area contributed by atoms with Crippen LogP contribution in [0.5, 0.6) is 0 Å². The van der Waals surface area contributed by atoms with Crippen molar-refractivity contribution in [1.82, 2.24) is 15.1 Å². The number of β-amino-alcohol motifs (C(OH)–C–C–N with tert-alkyl or cyclic N) is 1. The molecule has 2 aromatic rings. The van der Waals surface area contributed by atoms with Gasteiger partial charge in [0.1, 0.15) is 0 Å². The van der Waals surface area contributed by atoms with Crippen LogP contribution in [0.2, 0.25) is 5.02 Å². The molecule has 3 rings (SSSR count). The van der Waals surface area contributed by atoms with E-state index in [1.54, 1.807) is 12.1 Å². The Labute approximate surface area is 122 Å². The first kappa shape index (κ1) is 13.5. The summed E-state index contributed by atoms with van der Waals surface area (Å²) >= 11 is 5.84. The van der Waals surface area contributed by atoms with Crippen molar-refractivity contribution in [2.45, 2.75) is 25.5 Å². The van der Waals surface area contributed by atoms with Gasteiger partial charge in [0.2, 0.25) is 11.8 Å². The predicted molar refractivity (Wildman–Crippen MR) is 75.3 cm³/mol. The summed E-state index contributed by atoms with van der Waals surface area (Å²) < 4.78 is 5.63. The normalized spacial score (nSPS) is 17.9. The number of aromatic nitrogens is 2. The minimum atomic E-state index is -0.543.